The second-order valence-corrected chi connectivity index (χ2v) is 4.13. The molecule has 0 heterocycles. The topological polar surface area (TPSA) is 38.7 Å². The summed E-state index contributed by atoms with van der Waals surface area (Å²) in [5.74, 6) is 1.68. The van der Waals surface area contributed by atoms with Gasteiger partial charge in [0.2, 0.25) is 0 Å². The molecule has 3 heteroatoms. The van der Waals surface area contributed by atoms with Gasteiger partial charge in [0, 0.05) is 11.6 Å². The van der Waals surface area contributed by atoms with Gasteiger partial charge in [0.05, 0.1) is 20.3 Å². The Bertz CT molecular complexity index is 345. The molecule has 0 spiro atoms. The van der Waals surface area contributed by atoms with Gasteiger partial charge in [0.15, 0.2) is 0 Å². The van der Waals surface area contributed by atoms with Gasteiger partial charge >= 0.3 is 0 Å². The highest BCUT2D eigenvalue weighted by Crippen LogP contribution is 2.35. The molecule has 1 aromatic rings. The molecule has 1 atom stereocenters. The molecule has 1 N–H and O–H groups in total. The highest BCUT2D eigenvalue weighted by atomic mass is 16.5. The maximum atomic E-state index is 10.3. The molecular formula is C14H22O3. The minimum Gasteiger partial charge on any atom is -0.497 e. The molecule has 0 aromatic heterocycles. The fourth-order valence-corrected chi connectivity index (χ4v) is 2.05. The van der Waals surface area contributed by atoms with Crippen molar-refractivity contribution in [1.82, 2.24) is 0 Å². The maximum absolute atomic E-state index is 10.3. The quantitative estimate of drug-likeness (QED) is 0.827. The summed E-state index contributed by atoms with van der Waals surface area (Å²) in [5, 5.41) is 10.3. The highest BCUT2D eigenvalue weighted by molar-refractivity contribution is 5.42. The van der Waals surface area contributed by atoms with Crippen LogP contribution in [0.5, 0.6) is 11.5 Å². The number of hydrogen-bond donors (Lipinski definition) is 1. The van der Waals surface area contributed by atoms with Crippen molar-refractivity contribution < 1.29 is 14.6 Å². The van der Waals surface area contributed by atoms with Crippen LogP contribution in [0.15, 0.2) is 18.2 Å². The fraction of sp³-hybridized carbons (Fsp3) is 0.571. The van der Waals surface area contributed by atoms with E-state index in [0.717, 1.165) is 24.2 Å². The lowest BCUT2D eigenvalue weighted by Crippen LogP contribution is -2.12. The van der Waals surface area contributed by atoms with Crippen LogP contribution in [-0.4, -0.2) is 19.3 Å². The minimum absolute atomic E-state index is 0.261. The van der Waals surface area contributed by atoms with Crippen molar-refractivity contribution in [1.29, 1.82) is 0 Å². The zero-order chi connectivity index (χ0) is 12.8. The highest BCUT2D eigenvalue weighted by Gasteiger charge is 2.21. The van der Waals surface area contributed by atoms with Crippen LogP contribution in [0.1, 0.15) is 38.4 Å². The first-order valence-electron chi connectivity index (χ1n) is 6.07. The maximum Gasteiger partial charge on any atom is 0.128 e. The minimum atomic E-state index is -0.481. The van der Waals surface area contributed by atoms with E-state index in [9.17, 15) is 5.11 Å². The largest absolute Gasteiger partial charge is 0.497 e. The number of aliphatic hydroxyl groups is 1. The SMILES string of the molecule is CCC(CC)C(O)c1ccc(OC)cc1OC. The van der Waals surface area contributed by atoms with Crippen LogP contribution in [0.2, 0.25) is 0 Å². The van der Waals surface area contributed by atoms with Crippen molar-refractivity contribution in [3.63, 3.8) is 0 Å². The number of benzene rings is 1. The number of rotatable bonds is 6. The summed E-state index contributed by atoms with van der Waals surface area (Å²) < 4.78 is 10.5. The predicted octanol–water partition coefficient (Wildman–Crippen LogP) is 3.17. The molecule has 0 amide bonds. The van der Waals surface area contributed by atoms with Gasteiger partial charge in [0.25, 0.3) is 0 Å². The van der Waals surface area contributed by atoms with E-state index in [1.54, 1.807) is 20.3 Å². The predicted molar refractivity (Wildman–Crippen MR) is 68.6 cm³/mol. The fourth-order valence-electron chi connectivity index (χ4n) is 2.05. The molecule has 0 aliphatic carbocycles. The Morgan fingerprint density at radius 2 is 1.76 bits per heavy atom. The molecule has 0 saturated heterocycles. The Hall–Kier alpha value is -1.22. The van der Waals surface area contributed by atoms with Crippen LogP contribution < -0.4 is 9.47 Å². The van der Waals surface area contributed by atoms with E-state index in [1.807, 2.05) is 12.1 Å². The summed E-state index contributed by atoms with van der Waals surface area (Å²) in [6.07, 6.45) is 1.42. The first-order valence-corrected chi connectivity index (χ1v) is 6.07. The normalized spacial score (nSPS) is 12.6. The van der Waals surface area contributed by atoms with E-state index in [0.29, 0.717) is 5.75 Å². The van der Waals surface area contributed by atoms with Crippen molar-refractivity contribution in [3.8, 4) is 11.5 Å². The number of ether oxygens (including phenoxy) is 2. The van der Waals surface area contributed by atoms with E-state index in [2.05, 4.69) is 13.8 Å². The van der Waals surface area contributed by atoms with E-state index in [1.165, 1.54) is 0 Å². The zero-order valence-electron chi connectivity index (χ0n) is 11.1. The average Bonchev–Trinajstić information content (AvgIpc) is 2.39. The molecule has 17 heavy (non-hydrogen) atoms. The monoisotopic (exact) mass is 238 g/mol. The molecule has 1 rings (SSSR count). The number of methoxy groups -OCH3 is 2. The Kier molecular flexibility index (Phi) is 5.29. The van der Waals surface area contributed by atoms with Gasteiger partial charge in [-0.15, -0.1) is 0 Å². The summed E-state index contributed by atoms with van der Waals surface area (Å²) in [5.41, 5.74) is 0.835. The molecule has 1 unspecified atom stereocenters. The van der Waals surface area contributed by atoms with Gasteiger partial charge in [-0.1, -0.05) is 26.7 Å². The lowest BCUT2D eigenvalue weighted by molar-refractivity contribution is 0.100. The second kappa shape index (κ2) is 6.50. The molecule has 0 aliphatic heterocycles. The Morgan fingerprint density at radius 1 is 1.12 bits per heavy atom. The van der Waals surface area contributed by atoms with E-state index >= 15 is 0 Å². The Morgan fingerprint density at radius 3 is 2.24 bits per heavy atom. The van der Waals surface area contributed by atoms with Crippen LogP contribution in [0.4, 0.5) is 0 Å². The second-order valence-electron chi connectivity index (χ2n) is 4.13. The van der Waals surface area contributed by atoms with Crippen LogP contribution in [0, 0.1) is 5.92 Å². The number of hydrogen-bond acceptors (Lipinski definition) is 3. The van der Waals surface area contributed by atoms with Gasteiger partial charge < -0.3 is 14.6 Å². The van der Waals surface area contributed by atoms with Crippen molar-refractivity contribution in [2.24, 2.45) is 5.92 Å². The van der Waals surface area contributed by atoms with Gasteiger partial charge in [-0.3, -0.25) is 0 Å². The van der Waals surface area contributed by atoms with Gasteiger partial charge in [-0.25, -0.2) is 0 Å². The van der Waals surface area contributed by atoms with Crippen LogP contribution >= 0.6 is 0 Å². The standard InChI is InChI=1S/C14H22O3/c1-5-10(6-2)14(15)12-8-7-11(16-3)9-13(12)17-4/h7-10,14-15H,5-6H2,1-4H3. The van der Waals surface area contributed by atoms with Crippen molar-refractivity contribution in [3.05, 3.63) is 23.8 Å². The summed E-state index contributed by atoms with van der Waals surface area (Å²) in [7, 11) is 3.23. The third-order valence-corrected chi connectivity index (χ3v) is 3.25. The first kappa shape index (κ1) is 13.8. The molecule has 0 saturated carbocycles. The third kappa shape index (κ3) is 3.13. The summed E-state index contributed by atoms with van der Waals surface area (Å²) in [6, 6.07) is 5.53. The Labute approximate surface area is 103 Å². The average molecular weight is 238 g/mol. The van der Waals surface area contributed by atoms with Crippen molar-refractivity contribution >= 4 is 0 Å². The third-order valence-electron chi connectivity index (χ3n) is 3.25. The lowest BCUT2D eigenvalue weighted by atomic mass is 9.91. The molecule has 0 bridgehead atoms. The molecule has 1 aromatic carbocycles. The molecule has 0 fully saturated rings. The molecular weight excluding hydrogens is 216 g/mol. The molecule has 0 radical (unpaired) electrons. The summed E-state index contributed by atoms with van der Waals surface area (Å²) in [6.45, 7) is 4.18. The zero-order valence-corrected chi connectivity index (χ0v) is 11.1. The van der Waals surface area contributed by atoms with Crippen molar-refractivity contribution in [2.45, 2.75) is 32.8 Å². The van der Waals surface area contributed by atoms with Crippen molar-refractivity contribution in [2.75, 3.05) is 14.2 Å². The van der Waals surface area contributed by atoms with Crippen LogP contribution in [0.3, 0.4) is 0 Å². The van der Waals surface area contributed by atoms with Crippen LogP contribution in [0.25, 0.3) is 0 Å². The van der Waals surface area contributed by atoms with E-state index < -0.39 is 6.10 Å². The summed E-state index contributed by atoms with van der Waals surface area (Å²) in [4.78, 5) is 0. The molecule has 3 nitrogen and oxygen atoms in total. The van der Waals surface area contributed by atoms with E-state index in [-0.39, 0.29) is 5.92 Å². The number of aliphatic hydroxyl groups excluding tert-OH is 1. The lowest BCUT2D eigenvalue weighted by Gasteiger charge is -2.22. The van der Waals surface area contributed by atoms with Crippen LogP contribution in [-0.2, 0) is 0 Å². The Balaban J connectivity index is 3.03. The summed E-state index contributed by atoms with van der Waals surface area (Å²) >= 11 is 0. The van der Waals surface area contributed by atoms with Gasteiger partial charge in [-0.05, 0) is 18.1 Å². The van der Waals surface area contributed by atoms with E-state index in [4.69, 9.17) is 9.47 Å². The smallest absolute Gasteiger partial charge is 0.128 e. The van der Waals surface area contributed by atoms with Gasteiger partial charge in [-0.2, -0.15) is 0 Å². The van der Waals surface area contributed by atoms with Gasteiger partial charge in [0.1, 0.15) is 11.5 Å². The molecule has 0 aliphatic rings. The molecule has 96 valence electrons. The first-order chi connectivity index (χ1) is 8.17.